The second kappa shape index (κ2) is 10.9. The molecule has 1 aromatic carbocycles. The molecule has 23 heavy (non-hydrogen) atoms. The first-order valence-electron chi connectivity index (χ1n) is 8.38. The van der Waals surface area contributed by atoms with Gasteiger partial charge in [0, 0.05) is 25.7 Å². The van der Waals surface area contributed by atoms with Crippen molar-refractivity contribution in [2.45, 2.75) is 33.2 Å². The SMILES string of the molecule is CCCOc1cc(C)ccc1CNC(=NC)NCCCN(C)C. The minimum absolute atomic E-state index is 0.701. The molecule has 5 heteroatoms. The number of guanidine groups is 1. The number of nitrogens with zero attached hydrogens (tertiary/aromatic N) is 2. The summed E-state index contributed by atoms with van der Waals surface area (Å²) in [5.41, 5.74) is 2.37. The Hall–Kier alpha value is -1.75. The number of benzene rings is 1. The van der Waals surface area contributed by atoms with Gasteiger partial charge in [0.2, 0.25) is 0 Å². The summed E-state index contributed by atoms with van der Waals surface area (Å²) in [7, 11) is 5.97. The molecule has 5 nitrogen and oxygen atoms in total. The van der Waals surface area contributed by atoms with Crippen LogP contribution in [-0.4, -0.2) is 51.7 Å². The topological polar surface area (TPSA) is 48.9 Å². The van der Waals surface area contributed by atoms with Crippen molar-refractivity contribution in [1.29, 1.82) is 0 Å². The predicted octanol–water partition coefficient (Wildman–Crippen LogP) is 2.40. The fourth-order valence-corrected chi connectivity index (χ4v) is 2.16. The maximum atomic E-state index is 5.85. The molecule has 130 valence electrons. The lowest BCUT2D eigenvalue weighted by Crippen LogP contribution is -2.38. The maximum Gasteiger partial charge on any atom is 0.191 e. The van der Waals surface area contributed by atoms with Gasteiger partial charge in [0.1, 0.15) is 5.75 Å². The third-order valence-corrected chi connectivity index (χ3v) is 3.43. The van der Waals surface area contributed by atoms with Crippen LogP contribution in [0.25, 0.3) is 0 Å². The van der Waals surface area contributed by atoms with Crippen LogP contribution in [0.3, 0.4) is 0 Å². The van der Waals surface area contributed by atoms with Crippen molar-refractivity contribution >= 4 is 5.96 Å². The second-order valence-corrected chi connectivity index (χ2v) is 5.97. The molecule has 0 unspecified atom stereocenters. The van der Waals surface area contributed by atoms with Crippen LogP contribution in [-0.2, 0) is 6.54 Å². The molecule has 0 saturated heterocycles. The Morgan fingerprint density at radius 2 is 2.04 bits per heavy atom. The Balaban J connectivity index is 2.51. The Morgan fingerprint density at radius 1 is 1.26 bits per heavy atom. The fourth-order valence-electron chi connectivity index (χ4n) is 2.16. The van der Waals surface area contributed by atoms with E-state index in [0.717, 1.165) is 49.8 Å². The molecule has 1 aromatic rings. The summed E-state index contributed by atoms with van der Waals surface area (Å²) >= 11 is 0. The number of aliphatic imine (C=N–C) groups is 1. The molecule has 0 aliphatic carbocycles. The third kappa shape index (κ3) is 7.88. The van der Waals surface area contributed by atoms with Gasteiger partial charge in [-0.25, -0.2) is 0 Å². The van der Waals surface area contributed by atoms with Gasteiger partial charge < -0.3 is 20.3 Å². The molecule has 1 rings (SSSR count). The minimum Gasteiger partial charge on any atom is -0.493 e. The van der Waals surface area contributed by atoms with Gasteiger partial charge in [0.25, 0.3) is 0 Å². The molecule has 0 atom stereocenters. The monoisotopic (exact) mass is 320 g/mol. The molecule has 0 radical (unpaired) electrons. The van der Waals surface area contributed by atoms with E-state index in [1.807, 2.05) is 0 Å². The Labute approximate surface area is 141 Å². The van der Waals surface area contributed by atoms with Crippen LogP contribution in [0.2, 0.25) is 0 Å². The third-order valence-electron chi connectivity index (χ3n) is 3.43. The van der Waals surface area contributed by atoms with Crippen molar-refractivity contribution in [2.75, 3.05) is 40.8 Å². The van der Waals surface area contributed by atoms with Crippen LogP contribution < -0.4 is 15.4 Å². The first-order valence-corrected chi connectivity index (χ1v) is 8.38. The van der Waals surface area contributed by atoms with E-state index >= 15 is 0 Å². The van der Waals surface area contributed by atoms with Gasteiger partial charge in [-0.05, 0) is 52.0 Å². The highest BCUT2D eigenvalue weighted by Crippen LogP contribution is 2.20. The summed E-state index contributed by atoms with van der Waals surface area (Å²) in [5.74, 6) is 1.79. The van der Waals surface area contributed by atoms with E-state index < -0.39 is 0 Å². The lowest BCUT2D eigenvalue weighted by Gasteiger charge is -2.16. The number of hydrogen-bond acceptors (Lipinski definition) is 3. The standard InChI is InChI=1S/C18H32N4O/c1-6-12-23-17-13-15(2)8-9-16(17)14-21-18(19-3)20-10-7-11-22(4)5/h8-9,13H,6-7,10-12,14H2,1-5H3,(H2,19,20,21). The molecule has 0 spiro atoms. The van der Waals surface area contributed by atoms with E-state index in [1.165, 1.54) is 5.56 Å². The lowest BCUT2D eigenvalue weighted by molar-refractivity contribution is 0.313. The largest absolute Gasteiger partial charge is 0.493 e. The Bertz CT molecular complexity index is 486. The molecule has 0 aliphatic heterocycles. The summed E-state index contributed by atoms with van der Waals surface area (Å²) in [5, 5.41) is 6.70. The van der Waals surface area contributed by atoms with Crippen molar-refractivity contribution < 1.29 is 4.74 Å². The Morgan fingerprint density at radius 3 is 2.70 bits per heavy atom. The summed E-state index contributed by atoms with van der Waals surface area (Å²) in [6, 6.07) is 6.33. The van der Waals surface area contributed by atoms with Crippen LogP contribution in [0.15, 0.2) is 23.2 Å². The number of rotatable bonds is 9. The average Bonchev–Trinajstić information content (AvgIpc) is 2.53. The van der Waals surface area contributed by atoms with E-state index in [0.29, 0.717) is 6.54 Å². The molecule has 0 amide bonds. The number of ether oxygens (including phenoxy) is 1. The number of aryl methyl sites for hydroxylation is 1. The normalized spacial score (nSPS) is 11.7. The molecule has 2 N–H and O–H groups in total. The zero-order chi connectivity index (χ0) is 17.1. The van der Waals surface area contributed by atoms with Crippen molar-refractivity contribution in [3.8, 4) is 5.75 Å². The summed E-state index contributed by atoms with van der Waals surface area (Å²) < 4.78 is 5.85. The quantitative estimate of drug-likeness (QED) is 0.417. The zero-order valence-electron chi connectivity index (χ0n) is 15.3. The smallest absolute Gasteiger partial charge is 0.191 e. The van der Waals surface area contributed by atoms with Crippen molar-refractivity contribution in [3.63, 3.8) is 0 Å². The molecule has 0 heterocycles. The van der Waals surface area contributed by atoms with Crippen molar-refractivity contribution in [3.05, 3.63) is 29.3 Å². The first-order chi connectivity index (χ1) is 11.1. The second-order valence-electron chi connectivity index (χ2n) is 5.97. The molecular weight excluding hydrogens is 288 g/mol. The van der Waals surface area contributed by atoms with E-state index in [1.54, 1.807) is 7.05 Å². The van der Waals surface area contributed by atoms with Crippen LogP contribution >= 0.6 is 0 Å². The highest BCUT2D eigenvalue weighted by atomic mass is 16.5. The van der Waals surface area contributed by atoms with E-state index in [9.17, 15) is 0 Å². The van der Waals surface area contributed by atoms with E-state index in [4.69, 9.17) is 4.74 Å². The van der Waals surface area contributed by atoms with E-state index in [2.05, 4.69) is 66.7 Å². The lowest BCUT2D eigenvalue weighted by atomic mass is 10.1. The fraction of sp³-hybridized carbons (Fsp3) is 0.611. The highest BCUT2D eigenvalue weighted by Gasteiger charge is 2.05. The Kier molecular flexibility index (Phi) is 9.14. The molecule has 0 aliphatic rings. The number of hydrogen-bond donors (Lipinski definition) is 2. The molecular formula is C18H32N4O. The summed E-state index contributed by atoms with van der Waals surface area (Å²) in [6.07, 6.45) is 2.10. The van der Waals surface area contributed by atoms with Gasteiger partial charge in [0.05, 0.1) is 6.61 Å². The van der Waals surface area contributed by atoms with Gasteiger partial charge >= 0.3 is 0 Å². The molecule has 0 bridgehead atoms. The predicted molar refractivity (Wildman–Crippen MR) is 98.3 cm³/mol. The highest BCUT2D eigenvalue weighted by molar-refractivity contribution is 5.79. The van der Waals surface area contributed by atoms with E-state index in [-0.39, 0.29) is 0 Å². The van der Waals surface area contributed by atoms with Gasteiger partial charge in [-0.3, -0.25) is 4.99 Å². The zero-order valence-corrected chi connectivity index (χ0v) is 15.3. The van der Waals surface area contributed by atoms with Crippen molar-refractivity contribution in [2.24, 2.45) is 4.99 Å². The van der Waals surface area contributed by atoms with Gasteiger partial charge in [-0.15, -0.1) is 0 Å². The molecule has 0 saturated carbocycles. The van der Waals surface area contributed by atoms with Crippen molar-refractivity contribution in [1.82, 2.24) is 15.5 Å². The van der Waals surface area contributed by atoms with Crippen LogP contribution in [0.4, 0.5) is 0 Å². The summed E-state index contributed by atoms with van der Waals surface area (Å²) in [6.45, 7) is 7.62. The summed E-state index contributed by atoms with van der Waals surface area (Å²) in [4.78, 5) is 6.45. The van der Waals surface area contributed by atoms with Crippen LogP contribution in [0, 0.1) is 6.92 Å². The first kappa shape index (κ1) is 19.3. The maximum absolute atomic E-state index is 5.85. The average molecular weight is 320 g/mol. The minimum atomic E-state index is 0.701. The molecule has 0 fully saturated rings. The van der Waals surface area contributed by atoms with Crippen LogP contribution in [0.1, 0.15) is 30.9 Å². The number of nitrogens with one attached hydrogen (secondary N) is 2. The van der Waals surface area contributed by atoms with Crippen LogP contribution in [0.5, 0.6) is 5.75 Å². The van der Waals surface area contributed by atoms with Gasteiger partial charge in [-0.1, -0.05) is 19.1 Å². The van der Waals surface area contributed by atoms with Gasteiger partial charge in [0.15, 0.2) is 5.96 Å². The van der Waals surface area contributed by atoms with Gasteiger partial charge in [-0.2, -0.15) is 0 Å². The molecule has 0 aromatic heterocycles.